The first-order valence-corrected chi connectivity index (χ1v) is 10.4. The maximum Gasteiger partial charge on any atom is 0.420 e. The van der Waals surface area contributed by atoms with E-state index < -0.39 is 21.8 Å². The van der Waals surface area contributed by atoms with Gasteiger partial charge in [-0.15, -0.1) is 0 Å². The molecule has 2 N–H and O–H groups in total. The predicted molar refractivity (Wildman–Crippen MR) is 94.8 cm³/mol. The van der Waals surface area contributed by atoms with Gasteiger partial charge in [0.15, 0.2) is 0 Å². The van der Waals surface area contributed by atoms with Crippen LogP contribution in [0.5, 0.6) is 0 Å². The zero-order valence-corrected chi connectivity index (χ0v) is 15.6. The Hall–Kier alpha value is -2.21. The Morgan fingerprint density at radius 3 is 2.43 bits per heavy atom. The fourth-order valence-corrected chi connectivity index (χ4v) is 5.13. The van der Waals surface area contributed by atoms with Crippen LogP contribution in [-0.4, -0.2) is 57.0 Å². The number of imidazole rings is 1. The highest BCUT2D eigenvalue weighted by molar-refractivity contribution is 7.90. The number of anilines is 1. The number of nitrogens with zero attached hydrogens (tertiary/aromatic N) is 4. The zero-order chi connectivity index (χ0) is 19.9. The molecule has 4 rings (SSSR count). The average molecular weight is 416 g/mol. The molecule has 0 atom stereocenters. The third-order valence-electron chi connectivity index (χ3n) is 4.93. The zero-order valence-electron chi connectivity index (χ0n) is 14.8. The van der Waals surface area contributed by atoms with Crippen LogP contribution in [0.2, 0.25) is 0 Å². The number of sulfonamides is 1. The molecule has 0 bridgehead atoms. The standard InChI is InChI=1S/C16H19F3N6O2S/c17-16(18,19)12-7-21-15(24-14(12)13-8-20-9-22-13)23-10-3-5-25(6-4-10)28(26,27)11-1-2-11/h7-11H,1-6H2,(H,20,22)(H,21,23,24). The molecule has 2 aromatic rings. The predicted octanol–water partition coefficient (Wildman–Crippen LogP) is 2.25. The SMILES string of the molecule is O=S(=O)(C1CC1)N1CCC(Nc2ncc(C(F)(F)F)c(-c3c[nH]cn3)n2)CC1. The van der Waals surface area contributed by atoms with Gasteiger partial charge in [-0.3, -0.25) is 0 Å². The number of nitrogens with one attached hydrogen (secondary N) is 2. The summed E-state index contributed by atoms with van der Waals surface area (Å²) in [4.78, 5) is 14.3. The van der Waals surface area contributed by atoms with E-state index in [-0.39, 0.29) is 28.6 Å². The van der Waals surface area contributed by atoms with Gasteiger partial charge in [0.2, 0.25) is 16.0 Å². The number of aromatic amines is 1. The summed E-state index contributed by atoms with van der Waals surface area (Å²) in [6, 6.07) is -0.116. The van der Waals surface area contributed by atoms with E-state index >= 15 is 0 Å². The first kappa shape index (κ1) is 19.1. The highest BCUT2D eigenvalue weighted by Crippen LogP contribution is 2.36. The molecule has 0 radical (unpaired) electrons. The summed E-state index contributed by atoms with van der Waals surface area (Å²) in [6.07, 6.45) is 1.26. The van der Waals surface area contributed by atoms with E-state index in [1.165, 1.54) is 16.8 Å². The number of halogens is 3. The number of aromatic nitrogens is 4. The second kappa shape index (κ2) is 6.99. The Bertz CT molecular complexity index is 936. The topological polar surface area (TPSA) is 104 Å². The van der Waals surface area contributed by atoms with E-state index in [1.807, 2.05) is 0 Å². The smallest absolute Gasteiger partial charge is 0.351 e. The molecular formula is C16H19F3N6O2S. The van der Waals surface area contributed by atoms with E-state index in [0.29, 0.717) is 25.9 Å². The van der Waals surface area contributed by atoms with Crippen LogP contribution in [-0.2, 0) is 16.2 Å². The molecule has 0 aromatic carbocycles. The second-order valence-corrected chi connectivity index (χ2v) is 9.18. The van der Waals surface area contributed by atoms with Crippen molar-refractivity contribution in [3.63, 3.8) is 0 Å². The van der Waals surface area contributed by atoms with Gasteiger partial charge in [-0.2, -0.15) is 13.2 Å². The number of hydrogen-bond donors (Lipinski definition) is 2. The minimum atomic E-state index is -4.60. The van der Waals surface area contributed by atoms with Gasteiger partial charge in [-0.05, 0) is 25.7 Å². The van der Waals surface area contributed by atoms with Crippen LogP contribution in [0.15, 0.2) is 18.7 Å². The average Bonchev–Trinajstić information content (AvgIpc) is 3.37. The number of rotatable bonds is 5. The van der Waals surface area contributed by atoms with Crippen LogP contribution < -0.4 is 5.32 Å². The van der Waals surface area contributed by atoms with Crippen molar-refractivity contribution in [2.45, 2.75) is 43.2 Å². The van der Waals surface area contributed by atoms with Crippen LogP contribution >= 0.6 is 0 Å². The molecule has 0 unspecified atom stereocenters. The monoisotopic (exact) mass is 416 g/mol. The van der Waals surface area contributed by atoms with E-state index in [0.717, 1.165) is 19.0 Å². The summed E-state index contributed by atoms with van der Waals surface area (Å²) in [5.41, 5.74) is -1.20. The van der Waals surface area contributed by atoms with Gasteiger partial charge < -0.3 is 10.3 Å². The summed E-state index contributed by atoms with van der Waals surface area (Å²) in [5.74, 6) is 0.0644. The Balaban J connectivity index is 1.48. The van der Waals surface area contributed by atoms with Crippen molar-refractivity contribution in [2.24, 2.45) is 0 Å². The minimum Gasteiger partial charge on any atom is -0.351 e. The molecule has 1 saturated carbocycles. The first-order chi connectivity index (χ1) is 13.2. The molecule has 0 amide bonds. The van der Waals surface area contributed by atoms with Gasteiger partial charge >= 0.3 is 6.18 Å². The number of H-pyrrole nitrogens is 1. The van der Waals surface area contributed by atoms with Crippen LogP contribution in [0.1, 0.15) is 31.2 Å². The highest BCUT2D eigenvalue weighted by atomic mass is 32.2. The Kier molecular flexibility index (Phi) is 4.78. The maximum atomic E-state index is 13.3. The minimum absolute atomic E-state index is 0.0644. The third kappa shape index (κ3) is 3.83. The second-order valence-electron chi connectivity index (χ2n) is 6.97. The molecule has 8 nitrogen and oxygen atoms in total. The van der Waals surface area contributed by atoms with Crippen molar-refractivity contribution in [3.8, 4) is 11.4 Å². The van der Waals surface area contributed by atoms with Gasteiger partial charge in [0.25, 0.3) is 0 Å². The summed E-state index contributed by atoms with van der Waals surface area (Å²) < 4.78 is 65.8. The van der Waals surface area contributed by atoms with Gasteiger partial charge in [-0.25, -0.2) is 27.7 Å². The first-order valence-electron chi connectivity index (χ1n) is 8.94. The van der Waals surface area contributed by atoms with Gasteiger partial charge in [0, 0.05) is 31.5 Å². The lowest BCUT2D eigenvalue weighted by Gasteiger charge is -2.31. The van der Waals surface area contributed by atoms with E-state index in [9.17, 15) is 21.6 Å². The van der Waals surface area contributed by atoms with Crippen molar-refractivity contribution in [1.82, 2.24) is 24.2 Å². The third-order valence-corrected chi connectivity index (χ3v) is 7.33. The van der Waals surface area contributed by atoms with Gasteiger partial charge in [-0.1, -0.05) is 0 Å². The lowest BCUT2D eigenvalue weighted by molar-refractivity contribution is -0.137. The van der Waals surface area contributed by atoms with E-state index in [1.54, 1.807) is 0 Å². The summed E-state index contributed by atoms with van der Waals surface area (Å²) in [5, 5.41) is 2.79. The Labute approximate surface area is 159 Å². The fourth-order valence-electron chi connectivity index (χ4n) is 3.26. The summed E-state index contributed by atoms with van der Waals surface area (Å²) in [6.45, 7) is 0.757. The van der Waals surface area contributed by atoms with Crippen molar-refractivity contribution < 1.29 is 21.6 Å². The molecule has 0 spiro atoms. The summed E-state index contributed by atoms with van der Waals surface area (Å²) >= 11 is 0. The maximum absolute atomic E-state index is 13.3. The van der Waals surface area contributed by atoms with Crippen LogP contribution in [0, 0.1) is 0 Å². The van der Waals surface area contributed by atoms with Crippen molar-refractivity contribution in [3.05, 3.63) is 24.3 Å². The lowest BCUT2D eigenvalue weighted by atomic mass is 10.1. The number of piperidine rings is 1. The number of alkyl halides is 3. The molecule has 2 aliphatic rings. The molecular weight excluding hydrogens is 397 g/mol. The van der Waals surface area contributed by atoms with Crippen molar-refractivity contribution >= 4 is 16.0 Å². The molecule has 152 valence electrons. The Morgan fingerprint density at radius 1 is 1.14 bits per heavy atom. The quantitative estimate of drug-likeness (QED) is 0.775. The molecule has 1 saturated heterocycles. The lowest BCUT2D eigenvalue weighted by Crippen LogP contribution is -2.43. The van der Waals surface area contributed by atoms with Crippen molar-refractivity contribution in [1.29, 1.82) is 0 Å². The van der Waals surface area contributed by atoms with Crippen molar-refractivity contribution in [2.75, 3.05) is 18.4 Å². The molecule has 1 aliphatic carbocycles. The molecule has 2 fully saturated rings. The van der Waals surface area contributed by atoms with Crippen LogP contribution in [0.25, 0.3) is 11.4 Å². The van der Waals surface area contributed by atoms with Crippen LogP contribution in [0.4, 0.5) is 19.1 Å². The number of hydrogen-bond acceptors (Lipinski definition) is 6. The largest absolute Gasteiger partial charge is 0.420 e. The van der Waals surface area contributed by atoms with Crippen LogP contribution in [0.3, 0.4) is 0 Å². The molecule has 2 aromatic heterocycles. The molecule has 12 heteroatoms. The molecule has 28 heavy (non-hydrogen) atoms. The molecule has 1 aliphatic heterocycles. The Morgan fingerprint density at radius 2 is 1.86 bits per heavy atom. The fraction of sp³-hybridized carbons (Fsp3) is 0.562. The van der Waals surface area contributed by atoms with E-state index in [2.05, 4.69) is 25.3 Å². The highest BCUT2D eigenvalue weighted by Gasteiger charge is 2.41. The molecule has 3 heterocycles. The normalized spacial score (nSPS) is 19.7. The summed E-state index contributed by atoms with van der Waals surface area (Å²) in [7, 11) is -3.21. The van der Waals surface area contributed by atoms with E-state index in [4.69, 9.17) is 0 Å². The van der Waals surface area contributed by atoms with Gasteiger partial charge in [0.05, 0.1) is 11.6 Å². The van der Waals surface area contributed by atoms with Gasteiger partial charge in [0.1, 0.15) is 17.0 Å².